The SMILES string of the molecule is CC(O)CCNC1=CC(=O)c2ccccc2C1=O. The van der Waals surface area contributed by atoms with E-state index in [1.807, 2.05) is 0 Å². The summed E-state index contributed by atoms with van der Waals surface area (Å²) in [6.45, 7) is 2.14. The number of carbonyl (C=O) groups is 2. The van der Waals surface area contributed by atoms with Gasteiger partial charge in [0.2, 0.25) is 5.78 Å². The predicted octanol–water partition coefficient (Wildman–Crippen LogP) is 1.31. The Morgan fingerprint density at radius 2 is 1.89 bits per heavy atom. The Morgan fingerprint density at radius 1 is 1.22 bits per heavy atom. The number of allylic oxidation sites excluding steroid dienone is 2. The fourth-order valence-electron chi connectivity index (χ4n) is 1.86. The summed E-state index contributed by atoms with van der Waals surface area (Å²) < 4.78 is 0. The fraction of sp³-hybridized carbons (Fsp3) is 0.286. The van der Waals surface area contributed by atoms with Crippen molar-refractivity contribution in [1.82, 2.24) is 5.32 Å². The van der Waals surface area contributed by atoms with Gasteiger partial charge in [-0.15, -0.1) is 0 Å². The van der Waals surface area contributed by atoms with Crippen molar-refractivity contribution in [3.05, 3.63) is 47.2 Å². The molecule has 94 valence electrons. The van der Waals surface area contributed by atoms with Crippen LogP contribution in [0.15, 0.2) is 36.0 Å². The van der Waals surface area contributed by atoms with Gasteiger partial charge in [0.05, 0.1) is 11.8 Å². The summed E-state index contributed by atoms with van der Waals surface area (Å²) in [6, 6.07) is 6.78. The lowest BCUT2D eigenvalue weighted by atomic mass is 9.93. The number of hydrogen-bond donors (Lipinski definition) is 2. The molecule has 0 heterocycles. The second-order valence-electron chi connectivity index (χ2n) is 4.36. The zero-order valence-corrected chi connectivity index (χ0v) is 10.1. The second-order valence-corrected chi connectivity index (χ2v) is 4.36. The van der Waals surface area contributed by atoms with Crippen LogP contribution >= 0.6 is 0 Å². The van der Waals surface area contributed by atoms with E-state index in [0.29, 0.717) is 29.8 Å². The third kappa shape index (κ3) is 2.49. The molecule has 0 amide bonds. The van der Waals surface area contributed by atoms with E-state index in [2.05, 4.69) is 5.32 Å². The smallest absolute Gasteiger partial charge is 0.209 e. The Hall–Kier alpha value is -1.94. The highest BCUT2D eigenvalue weighted by atomic mass is 16.3. The van der Waals surface area contributed by atoms with Gasteiger partial charge in [-0.1, -0.05) is 24.3 Å². The first-order valence-corrected chi connectivity index (χ1v) is 5.91. The minimum absolute atomic E-state index is 0.162. The third-order valence-corrected chi connectivity index (χ3v) is 2.83. The van der Waals surface area contributed by atoms with Crippen molar-refractivity contribution < 1.29 is 14.7 Å². The van der Waals surface area contributed by atoms with Crippen molar-refractivity contribution >= 4 is 11.6 Å². The van der Waals surface area contributed by atoms with Crippen LogP contribution in [0.25, 0.3) is 0 Å². The van der Waals surface area contributed by atoms with Crippen molar-refractivity contribution in [2.75, 3.05) is 6.54 Å². The normalized spacial score (nSPS) is 16.0. The van der Waals surface area contributed by atoms with Gasteiger partial charge in [0.1, 0.15) is 0 Å². The van der Waals surface area contributed by atoms with Crippen molar-refractivity contribution in [2.24, 2.45) is 0 Å². The number of Topliss-reactive ketones (excluding diaryl/α,β-unsaturated/α-hetero) is 1. The Balaban J connectivity index is 2.16. The topological polar surface area (TPSA) is 66.4 Å². The molecule has 0 saturated heterocycles. The highest BCUT2D eigenvalue weighted by Crippen LogP contribution is 2.19. The van der Waals surface area contributed by atoms with E-state index in [4.69, 9.17) is 5.11 Å². The lowest BCUT2D eigenvalue weighted by Crippen LogP contribution is -2.28. The molecule has 1 aromatic carbocycles. The second kappa shape index (κ2) is 5.14. The molecule has 1 aliphatic carbocycles. The number of hydrogen-bond acceptors (Lipinski definition) is 4. The van der Waals surface area contributed by atoms with Gasteiger partial charge < -0.3 is 10.4 Å². The highest BCUT2D eigenvalue weighted by molar-refractivity contribution is 6.24. The van der Waals surface area contributed by atoms with Crippen molar-refractivity contribution in [3.63, 3.8) is 0 Å². The van der Waals surface area contributed by atoms with Crippen LogP contribution in [0, 0.1) is 0 Å². The highest BCUT2D eigenvalue weighted by Gasteiger charge is 2.24. The Labute approximate surface area is 105 Å². The molecular formula is C14H15NO3. The van der Waals surface area contributed by atoms with Gasteiger partial charge in [0, 0.05) is 23.7 Å². The van der Waals surface area contributed by atoms with Gasteiger partial charge >= 0.3 is 0 Å². The quantitative estimate of drug-likeness (QED) is 0.839. The molecular weight excluding hydrogens is 230 g/mol. The molecule has 1 unspecified atom stereocenters. The van der Waals surface area contributed by atoms with Gasteiger partial charge in [-0.25, -0.2) is 0 Å². The number of ketones is 2. The zero-order valence-electron chi connectivity index (χ0n) is 10.1. The molecule has 0 bridgehead atoms. The van der Waals surface area contributed by atoms with Crippen LogP contribution < -0.4 is 5.32 Å². The van der Waals surface area contributed by atoms with E-state index in [9.17, 15) is 9.59 Å². The lowest BCUT2D eigenvalue weighted by molar-refractivity contribution is 0.0977. The Morgan fingerprint density at radius 3 is 2.56 bits per heavy atom. The molecule has 0 spiro atoms. The van der Waals surface area contributed by atoms with Crippen LogP contribution in [-0.2, 0) is 0 Å². The number of fused-ring (bicyclic) bond motifs is 1. The number of benzene rings is 1. The molecule has 1 atom stereocenters. The molecule has 0 radical (unpaired) electrons. The summed E-state index contributed by atoms with van der Waals surface area (Å²) in [4.78, 5) is 23.9. The van der Waals surface area contributed by atoms with E-state index in [-0.39, 0.29) is 11.6 Å². The number of carbonyl (C=O) groups excluding carboxylic acids is 2. The monoisotopic (exact) mass is 245 g/mol. The lowest BCUT2D eigenvalue weighted by Gasteiger charge is -2.16. The summed E-state index contributed by atoms with van der Waals surface area (Å²) in [6.07, 6.45) is 1.42. The van der Waals surface area contributed by atoms with Crippen molar-refractivity contribution in [1.29, 1.82) is 0 Å². The molecule has 18 heavy (non-hydrogen) atoms. The molecule has 0 aliphatic heterocycles. The molecule has 1 aliphatic rings. The summed E-state index contributed by atoms with van der Waals surface area (Å²) in [5.41, 5.74) is 1.19. The van der Waals surface area contributed by atoms with Crippen LogP contribution in [0.1, 0.15) is 34.1 Å². The van der Waals surface area contributed by atoms with Gasteiger partial charge in [-0.05, 0) is 13.3 Å². The minimum atomic E-state index is -0.431. The average molecular weight is 245 g/mol. The Kier molecular flexibility index (Phi) is 3.58. The summed E-state index contributed by atoms with van der Waals surface area (Å²) >= 11 is 0. The summed E-state index contributed by atoms with van der Waals surface area (Å²) in [5.74, 6) is -0.333. The van der Waals surface area contributed by atoms with Gasteiger partial charge in [-0.3, -0.25) is 9.59 Å². The van der Waals surface area contributed by atoms with Gasteiger partial charge in [0.15, 0.2) is 5.78 Å². The average Bonchev–Trinajstić information content (AvgIpc) is 2.35. The maximum atomic E-state index is 12.1. The van der Waals surface area contributed by atoms with Crippen molar-refractivity contribution in [2.45, 2.75) is 19.4 Å². The van der Waals surface area contributed by atoms with E-state index in [0.717, 1.165) is 0 Å². The maximum Gasteiger partial charge on any atom is 0.209 e. The van der Waals surface area contributed by atoms with Crippen LogP contribution in [-0.4, -0.2) is 29.3 Å². The number of aliphatic hydroxyl groups is 1. The predicted molar refractivity (Wildman–Crippen MR) is 67.5 cm³/mol. The molecule has 1 aromatic rings. The molecule has 0 saturated carbocycles. The first-order chi connectivity index (χ1) is 8.59. The minimum Gasteiger partial charge on any atom is -0.393 e. The maximum absolute atomic E-state index is 12.1. The molecule has 0 aromatic heterocycles. The largest absolute Gasteiger partial charge is 0.393 e. The molecule has 2 N–H and O–H groups in total. The van der Waals surface area contributed by atoms with Crippen LogP contribution in [0.4, 0.5) is 0 Å². The van der Waals surface area contributed by atoms with E-state index in [1.165, 1.54) is 6.08 Å². The number of aliphatic hydroxyl groups excluding tert-OH is 1. The van der Waals surface area contributed by atoms with Crippen LogP contribution in [0.2, 0.25) is 0 Å². The number of rotatable bonds is 4. The van der Waals surface area contributed by atoms with E-state index >= 15 is 0 Å². The zero-order chi connectivity index (χ0) is 13.1. The first-order valence-electron chi connectivity index (χ1n) is 5.91. The van der Waals surface area contributed by atoms with E-state index < -0.39 is 6.10 Å². The van der Waals surface area contributed by atoms with Crippen molar-refractivity contribution in [3.8, 4) is 0 Å². The van der Waals surface area contributed by atoms with Crippen LogP contribution in [0.3, 0.4) is 0 Å². The van der Waals surface area contributed by atoms with Gasteiger partial charge in [0.25, 0.3) is 0 Å². The summed E-state index contributed by atoms with van der Waals surface area (Å²) in [5, 5.41) is 12.1. The molecule has 2 rings (SSSR count). The third-order valence-electron chi connectivity index (χ3n) is 2.83. The standard InChI is InChI=1S/C14H15NO3/c1-9(16)6-7-15-12-8-13(17)10-4-2-3-5-11(10)14(12)18/h2-5,8-9,15-16H,6-7H2,1H3. The Bertz CT molecular complexity index is 518. The molecule has 4 heteroatoms. The van der Waals surface area contributed by atoms with E-state index in [1.54, 1.807) is 31.2 Å². The van der Waals surface area contributed by atoms with Gasteiger partial charge in [-0.2, -0.15) is 0 Å². The summed E-state index contributed by atoms with van der Waals surface area (Å²) in [7, 11) is 0. The fourth-order valence-corrected chi connectivity index (χ4v) is 1.86. The number of nitrogens with one attached hydrogen (secondary N) is 1. The van der Waals surface area contributed by atoms with Crippen LogP contribution in [0.5, 0.6) is 0 Å². The first kappa shape index (κ1) is 12.5. The molecule has 4 nitrogen and oxygen atoms in total. The molecule has 0 fully saturated rings.